The minimum absolute atomic E-state index is 0.0350. The average molecular weight is 505 g/mol. The molecular weight excluding hydrogens is 466 g/mol. The van der Waals surface area contributed by atoms with Crippen molar-refractivity contribution in [1.82, 2.24) is 10.6 Å². The highest BCUT2D eigenvalue weighted by molar-refractivity contribution is 5.99. The largest absolute Gasteiger partial charge is 0.496 e. The van der Waals surface area contributed by atoms with Gasteiger partial charge in [0.2, 0.25) is 6.23 Å². The summed E-state index contributed by atoms with van der Waals surface area (Å²) in [5.74, 6) is -0.715. The van der Waals surface area contributed by atoms with Crippen LogP contribution in [-0.2, 0) is 19.1 Å². The molecule has 3 atom stereocenters. The molecule has 0 radical (unpaired) electrons. The fraction of sp³-hybridized carbons (Fsp3) is 0.615. The number of quaternary nitrogens is 1. The SMILES string of the molecule is CCO[C@H]1CC(=O)O[C@H]1NC(=O)[N+]1(C(=O)[C@@H](NC(=O)c2cccc(OC)c2C)C(C)(C)C)CCCC1. The van der Waals surface area contributed by atoms with Crippen molar-refractivity contribution in [3.63, 3.8) is 0 Å². The van der Waals surface area contributed by atoms with Gasteiger partial charge >= 0.3 is 17.9 Å². The molecule has 1 aromatic rings. The van der Waals surface area contributed by atoms with Crippen LogP contribution >= 0.6 is 0 Å². The predicted octanol–water partition coefficient (Wildman–Crippen LogP) is 2.67. The molecule has 0 bridgehead atoms. The number of benzene rings is 1. The van der Waals surface area contributed by atoms with Gasteiger partial charge in [0.25, 0.3) is 5.91 Å². The second-order valence-corrected chi connectivity index (χ2v) is 10.4. The molecule has 10 nitrogen and oxygen atoms in total. The van der Waals surface area contributed by atoms with E-state index in [9.17, 15) is 19.2 Å². The standard InChI is InChI=1S/C26H37N3O7/c1-7-35-19-15-20(30)36-23(19)28-25(33)29(13-8-9-14-29)24(32)21(26(3,4)5)27-22(31)17-11-10-12-18(34-6)16(17)2/h10-12,19,21,23H,7-9,13-15H2,1-6H3,(H-,27,28,31,33)/p+1/t19-,21+,23+/m0/s1. The van der Waals surface area contributed by atoms with Crippen molar-refractivity contribution >= 4 is 23.8 Å². The van der Waals surface area contributed by atoms with Crippen molar-refractivity contribution < 1.29 is 37.9 Å². The summed E-state index contributed by atoms with van der Waals surface area (Å²) >= 11 is 0. The predicted molar refractivity (Wildman–Crippen MR) is 131 cm³/mol. The van der Waals surface area contributed by atoms with Gasteiger partial charge in [0, 0.05) is 30.6 Å². The van der Waals surface area contributed by atoms with Crippen molar-refractivity contribution in [3.05, 3.63) is 29.3 Å². The Morgan fingerprint density at radius 2 is 1.86 bits per heavy atom. The lowest BCUT2D eigenvalue weighted by molar-refractivity contribution is -0.761. The second-order valence-electron chi connectivity index (χ2n) is 10.4. The van der Waals surface area contributed by atoms with Gasteiger partial charge in [-0.3, -0.25) is 14.9 Å². The van der Waals surface area contributed by atoms with E-state index in [2.05, 4.69) is 10.6 Å². The van der Waals surface area contributed by atoms with Crippen molar-refractivity contribution in [3.8, 4) is 5.75 Å². The van der Waals surface area contributed by atoms with Gasteiger partial charge < -0.3 is 19.5 Å². The van der Waals surface area contributed by atoms with Crippen LogP contribution in [-0.4, -0.2) is 73.5 Å². The number of nitrogens with one attached hydrogen (secondary N) is 2. The molecule has 2 aliphatic rings. The Bertz CT molecular complexity index is 1010. The van der Waals surface area contributed by atoms with Crippen LogP contribution in [0.15, 0.2) is 18.2 Å². The number of hydrogen-bond acceptors (Lipinski definition) is 7. The van der Waals surface area contributed by atoms with E-state index in [1.54, 1.807) is 32.0 Å². The molecular formula is C26H38N3O7+. The summed E-state index contributed by atoms with van der Waals surface area (Å²) in [6.45, 7) is 10.1. The number of urea groups is 1. The second kappa shape index (κ2) is 11.0. The number of cyclic esters (lactones) is 1. The first-order valence-corrected chi connectivity index (χ1v) is 12.4. The van der Waals surface area contributed by atoms with E-state index in [1.165, 1.54) is 7.11 Å². The minimum Gasteiger partial charge on any atom is -0.496 e. The van der Waals surface area contributed by atoms with E-state index in [-0.39, 0.29) is 6.42 Å². The molecule has 0 unspecified atom stereocenters. The van der Waals surface area contributed by atoms with E-state index >= 15 is 0 Å². The molecule has 0 saturated carbocycles. The zero-order chi connectivity index (χ0) is 26.7. The lowest BCUT2D eigenvalue weighted by Gasteiger charge is -2.37. The Morgan fingerprint density at radius 3 is 2.44 bits per heavy atom. The van der Waals surface area contributed by atoms with Crippen molar-refractivity contribution in [2.75, 3.05) is 26.8 Å². The highest BCUT2D eigenvalue weighted by Crippen LogP contribution is 2.30. The molecule has 2 aliphatic heterocycles. The monoisotopic (exact) mass is 504 g/mol. The molecule has 1 aromatic carbocycles. The number of amides is 4. The third kappa shape index (κ3) is 5.54. The number of rotatable bonds is 7. The molecule has 0 aliphatic carbocycles. The number of likely N-dealkylation sites (tertiary alicyclic amines) is 1. The highest BCUT2D eigenvalue weighted by Gasteiger charge is 2.54. The molecule has 198 valence electrons. The molecule has 0 aromatic heterocycles. The van der Waals surface area contributed by atoms with Crippen LogP contribution < -0.4 is 15.4 Å². The smallest absolute Gasteiger partial charge is 0.427 e. The first-order valence-electron chi connectivity index (χ1n) is 12.4. The molecule has 0 spiro atoms. The van der Waals surface area contributed by atoms with E-state index in [1.807, 2.05) is 20.8 Å². The van der Waals surface area contributed by atoms with E-state index in [0.29, 0.717) is 49.4 Å². The molecule has 36 heavy (non-hydrogen) atoms. The molecule has 10 heteroatoms. The van der Waals surface area contributed by atoms with Crippen LogP contribution in [0.4, 0.5) is 4.79 Å². The maximum atomic E-state index is 14.1. The maximum absolute atomic E-state index is 14.1. The van der Waals surface area contributed by atoms with Gasteiger partial charge in [0.05, 0.1) is 26.6 Å². The third-order valence-corrected chi connectivity index (χ3v) is 6.89. The molecule has 2 saturated heterocycles. The van der Waals surface area contributed by atoms with Crippen molar-refractivity contribution in [2.45, 2.75) is 72.3 Å². The van der Waals surface area contributed by atoms with Crippen LogP contribution in [0.3, 0.4) is 0 Å². The normalized spacial score (nSPS) is 22.0. The zero-order valence-electron chi connectivity index (χ0n) is 22.0. The van der Waals surface area contributed by atoms with Crippen LogP contribution in [0.5, 0.6) is 5.75 Å². The number of nitrogens with zero attached hydrogens (tertiary/aromatic N) is 1. The maximum Gasteiger partial charge on any atom is 0.427 e. The van der Waals surface area contributed by atoms with Crippen LogP contribution in [0.25, 0.3) is 0 Å². The molecule has 2 fully saturated rings. The first kappa shape index (κ1) is 27.6. The number of esters is 1. The summed E-state index contributed by atoms with van der Waals surface area (Å²) in [6.07, 6.45) is -0.182. The highest BCUT2D eigenvalue weighted by atomic mass is 16.6. The van der Waals surface area contributed by atoms with Crippen LogP contribution in [0.1, 0.15) is 62.9 Å². The number of methoxy groups -OCH3 is 1. The Morgan fingerprint density at radius 1 is 1.19 bits per heavy atom. The summed E-state index contributed by atoms with van der Waals surface area (Å²) < 4.78 is 15.7. The lowest BCUT2D eigenvalue weighted by atomic mass is 9.85. The minimum atomic E-state index is -0.963. The first-order chi connectivity index (χ1) is 16.9. The van der Waals surface area contributed by atoms with E-state index in [0.717, 1.165) is 0 Å². The van der Waals surface area contributed by atoms with Gasteiger partial charge in [0.15, 0.2) is 6.04 Å². The molecule has 2 N–H and O–H groups in total. The summed E-state index contributed by atoms with van der Waals surface area (Å²) in [4.78, 5) is 52.9. The number of carbonyl (C=O) groups is 4. The van der Waals surface area contributed by atoms with E-state index < -0.39 is 52.1 Å². The molecule has 3 rings (SSSR count). The Labute approximate surface area is 212 Å². The Hall–Kier alpha value is -2.98. The van der Waals surface area contributed by atoms with Gasteiger partial charge in [-0.25, -0.2) is 9.59 Å². The van der Waals surface area contributed by atoms with Gasteiger partial charge in [-0.2, -0.15) is 4.48 Å². The zero-order valence-corrected chi connectivity index (χ0v) is 22.0. The molecule has 2 heterocycles. The van der Waals surface area contributed by atoms with Crippen LogP contribution in [0.2, 0.25) is 0 Å². The van der Waals surface area contributed by atoms with Crippen molar-refractivity contribution in [2.24, 2.45) is 5.41 Å². The summed E-state index contributed by atoms with van der Waals surface area (Å²) in [6, 6.07) is 3.65. The van der Waals surface area contributed by atoms with Gasteiger partial charge in [-0.15, -0.1) is 0 Å². The fourth-order valence-corrected chi connectivity index (χ4v) is 4.85. The Kier molecular flexibility index (Phi) is 8.40. The third-order valence-electron chi connectivity index (χ3n) is 6.89. The number of ether oxygens (including phenoxy) is 3. The summed E-state index contributed by atoms with van der Waals surface area (Å²) in [5, 5.41) is 5.64. The van der Waals surface area contributed by atoms with Gasteiger partial charge in [0.1, 0.15) is 11.9 Å². The topological polar surface area (TPSA) is 120 Å². The average Bonchev–Trinajstić information content (AvgIpc) is 3.44. The van der Waals surface area contributed by atoms with Crippen molar-refractivity contribution in [1.29, 1.82) is 0 Å². The van der Waals surface area contributed by atoms with Crippen LogP contribution in [0, 0.1) is 12.3 Å². The summed E-state index contributed by atoms with van der Waals surface area (Å²) in [7, 11) is 1.53. The number of hydrogen-bond donors (Lipinski definition) is 2. The number of carbonyl (C=O) groups excluding carboxylic acids is 4. The fourth-order valence-electron chi connectivity index (χ4n) is 4.85. The quantitative estimate of drug-likeness (QED) is 0.433. The summed E-state index contributed by atoms with van der Waals surface area (Å²) in [5.41, 5.74) is 0.373. The Balaban J connectivity index is 1.88. The lowest BCUT2D eigenvalue weighted by Crippen LogP contribution is -2.68. The number of imide groups is 1. The van der Waals surface area contributed by atoms with Gasteiger partial charge in [-0.1, -0.05) is 26.8 Å². The van der Waals surface area contributed by atoms with E-state index in [4.69, 9.17) is 14.2 Å². The molecule has 4 amide bonds. The van der Waals surface area contributed by atoms with Gasteiger partial charge in [-0.05, 0) is 31.4 Å².